The molecule has 1 aromatic rings. The average Bonchev–Trinajstić information content (AvgIpc) is 2.08. The number of halogens is 2. The molecule has 0 fully saturated rings. The van der Waals surface area contributed by atoms with Crippen molar-refractivity contribution in [2.24, 2.45) is 0 Å². The zero-order valence-electron chi connectivity index (χ0n) is 8.21. The third-order valence-corrected chi connectivity index (χ3v) is 3.48. The van der Waals surface area contributed by atoms with Gasteiger partial charge in [0.1, 0.15) is 5.75 Å². The molecular weight excluding hydrogens is 259 g/mol. The Balaban J connectivity index is 3.40. The summed E-state index contributed by atoms with van der Waals surface area (Å²) in [6.07, 6.45) is 0. The highest BCUT2D eigenvalue weighted by Crippen LogP contribution is 2.32. The second kappa shape index (κ2) is 4.20. The molecule has 0 bridgehead atoms. The van der Waals surface area contributed by atoms with Crippen LogP contribution in [0.3, 0.4) is 0 Å². The van der Waals surface area contributed by atoms with Gasteiger partial charge < -0.3 is 5.11 Å². The Bertz CT molecular complexity index is 468. The molecule has 0 heterocycles. The van der Waals surface area contributed by atoms with E-state index in [-0.39, 0.29) is 11.3 Å². The molecule has 3 nitrogen and oxygen atoms in total. The molecule has 0 radical (unpaired) electrons. The maximum Gasteiger partial charge on any atom is 0.236 e. The Morgan fingerprint density at radius 1 is 1.40 bits per heavy atom. The third-order valence-electron chi connectivity index (χ3n) is 2.13. The molecule has 0 aliphatic carbocycles. The van der Waals surface area contributed by atoms with E-state index < -0.39 is 14.8 Å². The van der Waals surface area contributed by atoms with Crippen LogP contribution in [0.1, 0.15) is 16.7 Å². The normalized spacial score (nSPS) is 11.7. The SMILES string of the molecule is Cc1cc(Cl)c(C)c(CS(=O)(=O)Cl)c1O. The first kappa shape index (κ1) is 12.6. The number of aryl methyl sites for hydroxylation is 1. The van der Waals surface area contributed by atoms with Gasteiger partial charge in [-0.1, -0.05) is 11.6 Å². The molecule has 1 N–H and O–H groups in total. The highest BCUT2D eigenvalue weighted by Gasteiger charge is 2.17. The van der Waals surface area contributed by atoms with Crippen LogP contribution in [0.5, 0.6) is 5.75 Å². The number of rotatable bonds is 2. The Morgan fingerprint density at radius 3 is 2.40 bits per heavy atom. The molecule has 0 aliphatic rings. The van der Waals surface area contributed by atoms with Crippen LogP contribution in [0.4, 0.5) is 0 Å². The lowest BCUT2D eigenvalue weighted by Crippen LogP contribution is -2.00. The van der Waals surface area contributed by atoms with Crippen LogP contribution in [0, 0.1) is 13.8 Å². The van der Waals surface area contributed by atoms with Gasteiger partial charge >= 0.3 is 0 Å². The molecule has 6 heteroatoms. The van der Waals surface area contributed by atoms with Crippen molar-refractivity contribution in [3.63, 3.8) is 0 Å². The predicted octanol–water partition coefficient (Wildman–Crippen LogP) is 2.73. The Hall–Kier alpha value is -0.450. The molecular formula is C9H10Cl2O3S. The minimum atomic E-state index is -3.70. The first-order valence-electron chi connectivity index (χ1n) is 4.12. The van der Waals surface area contributed by atoms with Gasteiger partial charge in [-0.05, 0) is 31.0 Å². The molecule has 1 rings (SSSR count). The van der Waals surface area contributed by atoms with Crippen molar-refractivity contribution >= 4 is 31.3 Å². The number of phenols is 1. The second-order valence-corrected chi connectivity index (χ2v) is 6.49. The van der Waals surface area contributed by atoms with Gasteiger partial charge in [0.05, 0.1) is 5.75 Å². The zero-order valence-corrected chi connectivity index (χ0v) is 10.5. The fraction of sp³-hybridized carbons (Fsp3) is 0.333. The average molecular weight is 269 g/mol. The minimum Gasteiger partial charge on any atom is -0.507 e. The molecule has 0 unspecified atom stereocenters. The predicted molar refractivity (Wildman–Crippen MR) is 61.1 cm³/mol. The first-order valence-corrected chi connectivity index (χ1v) is 6.98. The van der Waals surface area contributed by atoms with Crippen LogP contribution in [-0.4, -0.2) is 13.5 Å². The van der Waals surface area contributed by atoms with Gasteiger partial charge in [-0.25, -0.2) is 8.42 Å². The lowest BCUT2D eigenvalue weighted by atomic mass is 10.1. The summed E-state index contributed by atoms with van der Waals surface area (Å²) in [7, 11) is 1.43. The highest BCUT2D eigenvalue weighted by molar-refractivity contribution is 8.13. The summed E-state index contributed by atoms with van der Waals surface area (Å²) >= 11 is 5.87. The van der Waals surface area contributed by atoms with E-state index in [2.05, 4.69) is 0 Å². The van der Waals surface area contributed by atoms with Crippen LogP contribution < -0.4 is 0 Å². The van der Waals surface area contributed by atoms with E-state index in [1.54, 1.807) is 19.9 Å². The summed E-state index contributed by atoms with van der Waals surface area (Å²) < 4.78 is 21.9. The van der Waals surface area contributed by atoms with Gasteiger partial charge in [-0.3, -0.25) is 0 Å². The van der Waals surface area contributed by atoms with Crippen molar-refractivity contribution in [2.75, 3.05) is 0 Å². The molecule has 0 aliphatic heterocycles. The van der Waals surface area contributed by atoms with E-state index in [0.29, 0.717) is 16.1 Å². The molecule has 0 amide bonds. The van der Waals surface area contributed by atoms with E-state index >= 15 is 0 Å². The van der Waals surface area contributed by atoms with Gasteiger partial charge in [0, 0.05) is 21.3 Å². The van der Waals surface area contributed by atoms with Crippen molar-refractivity contribution in [1.29, 1.82) is 0 Å². The second-order valence-electron chi connectivity index (χ2n) is 3.31. The molecule has 0 atom stereocenters. The smallest absolute Gasteiger partial charge is 0.236 e. The standard InChI is InChI=1S/C9H10Cl2O3S/c1-5-3-8(10)6(2)7(9(5)12)4-15(11,13)14/h3,12H,4H2,1-2H3. The van der Waals surface area contributed by atoms with Gasteiger partial charge in [0.15, 0.2) is 0 Å². The number of benzene rings is 1. The maximum atomic E-state index is 10.9. The Labute approximate surface area is 98.1 Å². The van der Waals surface area contributed by atoms with Crippen LogP contribution in [0.15, 0.2) is 6.07 Å². The molecule has 1 aromatic carbocycles. The van der Waals surface area contributed by atoms with Crippen molar-refractivity contribution in [3.8, 4) is 5.75 Å². The van der Waals surface area contributed by atoms with Gasteiger partial charge in [0.2, 0.25) is 9.05 Å². The van der Waals surface area contributed by atoms with Crippen molar-refractivity contribution in [2.45, 2.75) is 19.6 Å². The van der Waals surface area contributed by atoms with E-state index in [1.165, 1.54) is 0 Å². The largest absolute Gasteiger partial charge is 0.507 e. The van der Waals surface area contributed by atoms with Crippen molar-refractivity contribution < 1.29 is 13.5 Å². The molecule has 15 heavy (non-hydrogen) atoms. The van der Waals surface area contributed by atoms with E-state index in [9.17, 15) is 13.5 Å². The number of aromatic hydroxyl groups is 1. The van der Waals surface area contributed by atoms with E-state index in [0.717, 1.165) is 0 Å². The molecule has 0 spiro atoms. The summed E-state index contributed by atoms with van der Waals surface area (Å²) in [5.41, 5.74) is 1.32. The number of hydrogen-bond acceptors (Lipinski definition) is 3. The van der Waals surface area contributed by atoms with Gasteiger partial charge in [-0.2, -0.15) is 0 Å². The van der Waals surface area contributed by atoms with Crippen LogP contribution in [0.25, 0.3) is 0 Å². The monoisotopic (exact) mass is 268 g/mol. The molecule has 84 valence electrons. The fourth-order valence-electron chi connectivity index (χ4n) is 1.28. The van der Waals surface area contributed by atoms with Crippen LogP contribution in [0.2, 0.25) is 5.02 Å². The third kappa shape index (κ3) is 3.00. The van der Waals surface area contributed by atoms with Crippen molar-refractivity contribution in [1.82, 2.24) is 0 Å². The lowest BCUT2D eigenvalue weighted by Gasteiger charge is -2.11. The van der Waals surface area contributed by atoms with Crippen LogP contribution in [-0.2, 0) is 14.8 Å². The summed E-state index contributed by atoms with van der Waals surface area (Å²) in [4.78, 5) is 0. The van der Waals surface area contributed by atoms with E-state index in [4.69, 9.17) is 22.3 Å². The molecule has 0 saturated heterocycles. The Morgan fingerprint density at radius 2 is 1.93 bits per heavy atom. The van der Waals surface area contributed by atoms with Gasteiger partial charge in [-0.15, -0.1) is 0 Å². The summed E-state index contributed by atoms with van der Waals surface area (Å²) in [5.74, 6) is -0.491. The first-order chi connectivity index (χ1) is 6.72. The molecule has 0 aromatic heterocycles. The quantitative estimate of drug-likeness (QED) is 0.840. The topological polar surface area (TPSA) is 54.4 Å². The number of phenolic OH excluding ortho intramolecular Hbond substituents is 1. The lowest BCUT2D eigenvalue weighted by molar-refractivity contribution is 0.465. The van der Waals surface area contributed by atoms with E-state index in [1.807, 2.05) is 0 Å². The highest BCUT2D eigenvalue weighted by atomic mass is 35.7. The zero-order chi connectivity index (χ0) is 11.8. The van der Waals surface area contributed by atoms with Crippen LogP contribution >= 0.6 is 22.3 Å². The van der Waals surface area contributed by atoms with Crippen molar-refractivity contribution in [3.05, 3.63) is 27.8 Å². The Kier molecular flexibility index (Phi) is 3.53. The maximum absolute atomic E-state index is 10.9. The number of hydrogen-bond donors (Lipinski definition) is 1. The summed E-state index contributed by atoms with van der Waals surface area (Å²) in [6.45, 7) is 3.28. The molecule has 0 saturated carbocycles. The summed E-state index contributed by atoms with van der Waals surface area (Å²) in [5, 5.41) is 10.1. The summed E-state index contributed by atoms with van der Waals surface area (Å²) in [6, 6.07) is 1.58. The minimum absolute atomic E-state index is 0.0684. The van der Waals surface area contributed by atoms with Gasteiger partial charge in [0.25, 0.3) is 0 Å². The fourth-order valence-corrected chi connectivity index (χ4v) is 2.58.